The normalized spacial score (nSPS) is 11.5. The predicted molar refractivity (Wildman–Crippen MR) is 116 cm³/mol. The van der Waals surface area contributed by atoms with Crippen LogP contribution in [0.4, 0.5) is 0 Å². The molecule has 0 rings (SSSR count). The molecule has 0 aliphatic carbocycles. The molecule has 0 aliphatic rings. The van der Waals surface area contributed by atoms with Crippen LogP contribution < -0.4 is 17.0 Å². The van der Waals surface area contributed by atoms with Crippen molar-refractivity contribution in [2.45, 2.75) is 130 Å². The van der Waals surface area contributed by atoms with Gasteiger partial charge in [-0.15, -0.1) is 0 Å². The highest BCUT2D eigenvalue weighted by Crippen LogP contribution is 2.16. The van der Waals surface area contributed by atoms with Gasteiger partial charge in [-0.2, -0.15) is 0 Å². The smallest absolute Gasteiger partial charge is 0.0786 e. The van der Waals surface area contributed by atoms with E-state index in [2.05, 4.69) is 27.7 Å². The van der Waals surface area contributed by atoms with Gasteiger partial charge in [0.2, 0.25) is 0 Å². The molecule has 2 heteroatoms. The van der Waals surface area contributed by atoms with Crippen molar-refractivity contribution < 1.29 is 21.5 Å². The van der Waals surface area contributed by atoms with Crippen molar-refractivity contribution in [3.8, 4) is 0 Å². The molecule has 0 aromatic heterocycles. The first-order chi connectivity index (χ1) is 12.2. The zero-order valence-electron chi connectivity index (χ0n) is 19.0. The van der Waals surface area contributed by atoms with E-state index < -0.39 is 0 Å². The third kappa shape index (κ3) is 16.6. The Bertz CT molecular complexity index is 229. The van der Waals surface area contributed by atoms with Gasteiger partial charge in [0.25, 0.3) is 0 Å². The molecular formula is C24H52BrN. The van der Waals surface area contributed by atoms with Crippen molar-refractivity contribution in [1.82, 2.24) is 0 Å². The number of hydrogen-bond donors (Lipinski definition) is 0. The van der Waals surface area contributed by atoms with E-state index in [0.29, 0.717) is 0 Å². The molecule has 1 nitrogen and oxygen atoms in total. The summed E-state index contributed by atoms with van der Waals surface area (Å²) in [4.78, 5) is 0. The molecule has 0 heterocycles. The molecular weight excluding hydrogens is 382 g/mol. The monoisotopic (exact) mass is 433 g/mol. The van der Waals surface area contributed by atoms with Crippen LogP contribution in [0.3, 0.4) is 0 Å². The van der Waals surface area contributed by atoms with Crippen LogP contribution in [0.15, 0.2) is 0 Å². The highest BCUT2D eigenvalue weighted by Gasteiger charge is 2.21. The first-order valence-corrected chi connectivity index (χ1v) is 12.1. The van der Waals surface area contributed by atoms with Crippen LogP contribution >= 0.6 is 0 Å². The van der Waals surface area contributed by atoms with Crippen molar-refractivity contribution in [2.24, 2.45) is 0 Å². The SMILES string of the molecule is CCCCCCCCCC[N+](CC)(CC)CCCCCCCCCC.[Br-]. The molecule has 160 valence electrons. The molecule has 0 radical (unpaired) electrons. The molecule has 0 atom stereocenters. The average molecular weight is 435 g/mol. The van der Waals surface area contributed by atoms with Gasteiger partial charge in [0.15, 0.2) is 0 Å². The van der Waals surface area contributed by atoms with E-state index in [1.165, 1.54) is 133 Å². The number of rotatable bonds is 20. The van der Waals surface area contributed by atoms with Crippen LogP contribution in [-0.2, 0) is 0 Å². The standard InChI is InChI=1S/C24H52N.BrH/c1-5-9-11-13-15-17-19-21-23-25(7-3,8-4)24-22-20-18-16-14-12-10-6-2;/h5-24H2,1-4H3;1H/q+1;/p-1. The predicted octanol–water partition coefficient (Wildman–Crippen LogP) is 5.13. The summed E-state index contributed by atoms with van der Waals surface area (Å²) in [5.74, 6) is 0. The van der Waals surface area contributed by atoms with Crippen molar-refractivity contribution in [1.29, 1.82) is 0 Å². The Labute approximate surface area is 178 Å². The van der Waals surface area contributed by atoms with Gasteiger partial charge in [0, 0.05) is 0 Å². The summed E-state index contributed by atoms with van der Waals surface area (Å²) in [6.45, 7) is 15.0. The van der Waals surface area contributed by atoms with Gasteiger partial charge in [0.05, 0.1) is 26.2 Å². The zero-order chi connectivity index (χ0) is 18.6. The second kappa shape index (κ2) is 21.7. The quantitative estimate of drug-likeness (QED) is 0.184. The van der Waals surface area contributed by atoms with E-state index in [0.717, 1.165) is 0 Å². The Morgan fingerprint density at radius 1 is 0.385 bits per heavy atom. The lowest BCUT2D eigenvalue weighted by molar-refractivity contribution is -0.925. The number of quaternary nitrogens is 1. The Morgan fingerprint density at radius 3 is 0.923 bits per heavy atom. The fraction of sp³-hybridized carbons (Fsp3) is 1.00. The van der Waals surface area contributed by atoms with Gasteiger partial charge < -0.3 is 21.5 Å². The number of hydrogen-bond acceptors (Lipinski definition) is 0. The third-order valence-corrected chi connectivity index (χ3v) is 6.31. The Morgan fingerprint density at radius 2 is 0.654 bits per heavy atom. The maximum atomic E-state index is 2.42. The van der Waals surface area contributed by atoms with Crippen LogP contribution in [0.1, 0.15) is 130 Å². The Balaban J connectivity index is 0. The molecule has 0 aliphatic heterocycles. The first-order valence-electron chi connectivity index (χ1n) is 12.1. The van der Waals surface area contributed by atoms with Crippen LogP contribution in [0.25, 0.3) is 0 Å². The second-order valence-electron chi connectivity index (χ2n) is 8.37. The lowest BCUT2D eigenvalue weighted by Crippen LogP contribution is -3.00. The van der Waals surface area contributed by atoms with Crippen LogP contribution in [-0.4, -0.2) is 30.7 Å². The van der Waals surface area contributed by atoms with E-state index in [-0.39, 0.29) is 17.0 Å². The minimum atomic E-state index is 0. The summed E-state index contributed by atoms with van der Waals surface area (Å²) in [6, 6.07) is 0. The van der Waals surface area contributed by atoms with Crippen molar-refractivity contribution in [3.05, 3.63) is 0 Å². The van der Waals surface area contributed by atoms with E-state index in [1.54, 1.807) is 0 Å². The molecule has 0 amide bonds. The fourth-order valence-electron chi connectivity index (χ4n) is 4.13. The first kappa shape index (κ1) is 28.6. The van der Waals surface area contributed by atoms with Crippen molar-refractivity contribution in [3.63, 3.8) is 0 Å². The third-order valence-electron chi connectivity index (χ3n) is 6.31. The van der Waals surface area contributed by atoms with Crippen molar-refractivity contribution in [2.75, 3.05) is 26.2 Å². The van der Waals surface area contributed by atoms with Crippen LogP contribution in [0, 0.1) is 0 Å². The van der Waals surface area contributed by atoms with Crippen LogP contribution in [0.2, 0.25) is 0 Å². The van der Waals surface area contributed by atoms with E-state index in [1.807, 2.05) is 0 Å². The topological polar surface area (TPSA) is 0 Å². The molecule has 0 saturated carbocycles. The largest absolute Gasteiger partial charge is 1.00 e. The van der Waals surface area contributed by atoms with Gasteiger partial charge in [-0.1, -0.05) is 90.9 Å². The zero-order valence-corrected chi connectivity index (χ0v) is 20.6. The number of unbranched alkanes of at least 4 members (excludes halogenated alkanes) is 14. The fourth-order valence-corrected chi connectivity index (χ4v) is 4.13. The summed E-state index contributed by atoms with van der Waals surface area (Å²) in [5.41, 5.74) is 0. The maximum Gasteiger partial charge on any atom is 0.0786 e. The number of nitrogens with zero attached hydrogens (tertiary/aromatic N) is 1. The van der Waals surface area contributed by atoms with E-state index in [9.17, 15) is 0 Å². The Hall–Kier alpha value is 0.440. The maximum absolute atomic E-state index is 2.42. The number of halogens is 1. The molecule has 0 spiro atoms. The average Bonchev–Trinajstić information content (AvgIpc) is 2.64. The molecule has 0 unspecified atom stereocenters. The van der Waals surface area contributed by atoms with Gasteiger partial charge >= 0.3 is 0 Å². The molecule has 0 aromatic carbocycles. The summed E-state index contributed by atoms with van der Waals surface area (Å²) < 4.78 is 1.38. The van der Waals surface area contributed by atoms with Crippen LogP contribution in [0.5, 0.6) is 0 Å². The van der Waals surface area contributed by atoms with Crippen molar-refractivity contribution >= 4 is 0 Å². The van der Waals surface area contributed by atoms with Gasteiger partial charge in [-0.25, -0.2) is 0 Å². The summed E-state index contributed by atoms with van der Waals surface area (Å²) in [5, 5.41) is 0. The molecule has 0 N–H and O–H groups in total. The molecule has 0 aromatic rings. The molecule has 26 heavy (non-hydrogen) atoms. The molecule has 0 bridgehead atoms. The van der Waals surface area contributed by atoms with Gasteiger partial charge in [-0.3, -0.25) is 0 Å². The van der Waals surface area contributed by atoms with E-state index >= 15 is 0 Å². The van der Waals surface area contributed by atoms with Gasteiger partial charge in [0.1, 0.15) is 0 Å². The lowest BCUT2D eigenvalue weighted by Gasteiger charge is -2.37. The lowest BCUT2D eigenvalue weighted by atomic mass is 10.1. The molecule has 0 saturated heterocycles. The minimum Gasteiger partial charge on any atom is -1.00 e. The minimum absolute atomic E-state index is 0. The Kier molecular flexibility index (Phi) is 24.0. The summed E-state index contributed by atoms with van der Waals surface area (Å²) in [6.07, 6.45) is 23.1. The molecule has 0 fully saturated rings. The van der Waals surface area contributed by atoms with E-state index in [4.69, 9.17) is 0 Å². The summed E-state index contributed by atoms with van der Waals surface area (Å²) in [7, 11) is 0. The highest BCUT2D eigenvalue weighted by molar-refractivity contribution is 4.50. The van der Waals surface area contributed by atoms with Gasteiger partial charge in [-0.05, 0) is 39.5 Å². The second-order valence-corrected chi connectivity index (χ2v) is 8.37. The summed E-state index contributed by atoms with van der Waals surface area (Å²) >= 11 is 0. The highest BCUT2D eigenvalue weighted by atomic mass is 79.9.